The van der Waals surface area contributed by atoms with Crippen LogP contribution in [0.5, 0.6) is 0 Å². The van der Waals surface area contributed by atoms with Crippen LogP contribution in [-0.4, -0.2) is 34.0 Å². The van der Waals surface area contributed by atoms with E-state index in [9.17, 15) is 5.11 Å². The van der Waals surface area contributed by atoms with E-state index >= 15 is 0 Å². The Hall–Kier alpha value is -1.01. The maximum Gasteiger partial charge on any atom is 0.191 e. The second kappa shape index (κ2) is 6.66. The number of thioether (sulfide) groups is 1. The van der Waals surface area contributed by atoms with Crippen molar-refractivity contribution in [3.63, 3.8) is 0 Å². The summed E-state index contributed by atoms with van der Waals surface area (Å²) in [7, 11) is 0. The lowest BCUT2D eigenvalue weighted by Crippen LogP contribution is -2.21. The Bertz CT molecular complexity index is 359. The predicted molar refractivity (Wildman–Crippen MR) is 72.2 cm³/mol. The van der Waals surface area contributed by atoms with Gasteiger partial charge in [0.1, 0.15) is 11.6 Å². The van der Waals surface area contributed by atoms with Gasteiger partial charge in [0.2, 0.25) is 0 Å². The topological polar surface area (TPSA) is 84.1 Å². The molecule has 6 heteroatoms. The monoisotopic (exact) mass is 256 g/mol. The molecule has 5 nitrogen and oxygen atoms in total. The maximum atomic E-state index is 9.73. The number of rotatable bonds is 6. The smallest absolute Gasteiger partial charge is 0.191 e. The second-order valence-corrected chi connectivity index (χ2v) is 5.10. The second-order valence-electron chi connectivity index (χ2n) is 4.33. The molecule has 0 radical (unpaired) electrons. The van der Waals surface area contributed by atoms with Crippen LogP contribution >= 0.6 is 11.8 Å². The van der Waals surface area contributed by atoms with Crippen molar-refractivity contribution in [1.29, 1.82) is 0 Å². The van der Waals surface area contributed by atoms with Crippen molar-refractivity contribution >= 4 is 23.4 Å². The molecule has 1 aromatic rings. The minimum absolute atomic E-state index is 0.371. The number of aliphatic hydroxyl groups is 1. The van der Waals surface area contributed by atoms with Gasteiger partial charge < -0.3 is 16.2 Å². The molecule has 1 aromatic heterocycles. The van der Waals surface area contributed by atoms with Gasteiger partial charge in [0.15, 0.2) is 5.16 Å². The van der Waals surface area contributed by atoms with Gasteiger partial charge in [-0.1, -0.05) is 25.6 Å². The first-order valence-electron chi connectivity index (χ1n) is 5.61. The molecule has 0 saturated carbocycles. The number of aliphatic hydroxyl groups excluding tert-OH is 1. The predicted octanol–water partition coefficient (Wildman–Crippen LogP) is 1.60. The third-order valence-corrected chi connectivity index (χ3v) is 2.72. The van der Waals surface area contributed by atoms with E-state index in [0.29, 0.717) is 29.3 Å². The largest absolute Gasteiger partial charge is 0.391 e. The van der Waals surface area contributed by atoms with E-state index in [2.05, 4.69) is 29.1 Å². The molecule has 0 spiro atoms. The van der Waals surface area contributed by atoms with Crippen LogP contribution < -0.4 is 11.1 Å². The van der Waals surface area contributed by atoms with Gasteiger partial charge in [-0.05, 0) is 18.6 Å². The summed E-state index contributed by atoms with van der Waals surface area (Å²) in [6.07, 6.45) is 2.29. The lowest BCUT2D eigenvalue weighted by atomic mass is 10.1. The minimum Gasteiger partial charge on any atom is -0.391 e. The summed E-state index contributed by atoms with van der Waals surface area (Å²) in [4.78, 5) is 8.31. The average Bonchev–Trinajstić information content (AvgIpc) is 2.24. The summed E-state index contributed by atoms with van der Waals surface area (Å²) < 4.78 is 0. The number of nitrogens with two attached hydrogens (primary N) is 1. The third kappa shape index (κ3) is 5.23. The van der Waals surface area contributed by atoms with E-state index in [1.54, 1.807) is 6.07 Å². The van der Waals surface area contributed by atoms with Crippen LogP contribution in [0.15, 0.2) is 11.2 Å². The molecule has 0 aliphatic carbocycles. The van der Waals surface area contributed by atoms with Gasteiger partial charge in [-0.15, -0.1) is 0 Å². The first kappa shape index (κ1) is 14.1. The van der Waals surface area contributed by atoms with Crippen LogP contribution in [0.2, 0.25) is 0 Å². The summed E-state index contributed by atoms with van der Waals surface area (Å²) in [5.74, 6) is 1.57. The van der Waals surface area contributed by atoms with Gasteiger partial charge in [0.25, 0.3) is 0 Å². The summed E-state index contributed by atoms with van der Waals surface area (Å²) >= 11 is 1.44. The quantitative estimate of drug-likeness (QED) is 0.529. The molecular formula is C11H20N4OS. The lowest BCUT2D eigenvalue weighted by Gasteiger charge is -2.14. The van der Waals surface area contributed by atoms with Crippen LogP contribution in [0.25, 0.3) is 0 Å². The zero-order valence-corrected chi connectivity index (χ0v) is 11.3. The van der Waals surface area contributed by atoms with Crippen molar-refractivity contribution in [2.45, 2.75) is 31.5 Å². The van der Waals surface area contributed by atoms with Gasteiger partial charge >= 0.3 is 0 Å². The van der Waals surface area contributed by atoms with Crippen LogP contribution in [0, 0.1) is 5.92 Å². The molecule has 0 aromatic carbocycles. The fraction of sp³-hybridized carbons (Fsp3) is 0.636. The normalized spacial score (nSPS) is 12.8. The summed E-state index contributed by atoms with van der Waals surface area (Å²) in [6.45, 7) is 4.64. The number of hydrogen-bond donors (Lipinski definition) is 3. The van der Waals surface area contributed by atoms with Crippen molar-refractivity contribution in [3.8, 4) is 0 Å². The SMILES string of the molecule is CSc1nc(N)cc(NCC(O)CC(C)C)n1. The molecule has 1 rings (SSSR count). The molecule has 1 heterocycles. The van der Waals surface area contributed by atoms with Gasteiger partial charge in [0, 0.05) is 12.6 Å². The van der Waals surface area contributed by atoms with Crippen molar-refractivity contribution in [2.24, 2.45) is 5.92 Å². The molecule has 0 amide bonds. The van der Waals surface area contributed by atoms with Crippen molar-refractivity contribution in [1.82, 2.24) is 9.97 Å². The molecule has 4 N–H and O–H groups in total. The Morgan fingerprint density at radius 3 is 2.76 bits per heavy atom. The van der Waals surface area contributed by atoms with E-state index in [4.69, 9.17) is 5.73 Å². The Kier molecular flexibility index (Phi) is 5.50. The molecule has 0 saturated heterocycles. The van der Waals surface area contributed by atoms with Crippen LogP contribution in [0.3, 0.4) is 0 Å². The highest BCUT2D eigenvalue weighted by atomic mass is 32.2. The van der Waals surface area contributed by atoms with E-state index in [1.165, 1.54) is 11.8 Å². The fourth-order valence-electron chi connectivity index (χ4n) is 1.47. The van der Waals surface area contributed by atoms with Gasteiger partial charge in [0.05, 0.1) is 6.10 Å². The molecule has 1 atom stereocenters. The molecule has 96 valence electrons. The number of aromatic nitrogens is 2. The Balaban J connectivity index is 2.54. The third-order valence-electron chi connectivity index (χ3n) is 2.17. The van der Waals surface area contributed by atoms with Crippen LogP contribution in [-0.2, 0) is 0 Å². The number of anilines is 2. The van der Waals surface area contributed by atoms with E-state index < -0.39 is 0 Å². The molecule has 1 unspecified atom stereocenters. The number of nitrogens with one attached hydrogen (secondary N) is 1. The maximum absolute atomic E-state index is 9.73. The number of hydrogen-bond acceptors (Lipinski definition) is 6. The van der Waals surface area contributed by atoms with Crippen molar-refractivity contribution < 1.29 is 5.11 Å². The standard InChI is InChI=1S/C11H20N4OS/c1-7(2)4-8(16)6-13-10-5-9(12)14-11(15-10)17-3/h5,7-8,16H,4,6H2,1-3H3,(H3,12,13,14,15). The van der Waals surface area contributed by atoms with Gasteiger partial charge in [-0.2, -0.15) is 0 Å². The average molecular weight is 256 g/mol. The summed E-state index contributed by atoms with van der Waals surface area (Å²) in [5, 5.41) is 13.4. The molecule has 0 bridgehead atoms. The lowest BCUT2D eigenvalue weighted by molar-refractivity contribution is 0.161. The summed E-state index contributed by atoms with van der Waals surface area (Å²) in [5.41, 5.74) is 5.66. The van der Waals surface area contributed by atoms with E-state index in [1.807, 2.05) is 6.26 Å². The molecule has 0 fully saturated rings. The Morgan fingerprint density at radius 1 is 1.47 bits per heavy atom. The highest BCUT2D eigenvalue weighted by Crippen LogP contribution is 2.15. The molecule has 0 aliphatic rings. The highest BCUT2D eigenvalue weighted by Gasteiger charge is 2.08. The van der Waals surface area contributed by atoms with Gasteiger partial charge in [-0.25, -0.2) is 9.97 Å². The zero-order valence-electron chi connectivity index (χ0n) is 10.5. The minimum atomic E-state index is -0.371. The van der Waals surface area contributed by atoms with Crippen LogP contribution in [0.4, 0.5) is 11.6 Å². The highest BCUT2D eigenvalue weighted by molar-refractivity contribution is 7.98. The molecule has 0 aliphatic heterocycles. The zero-order chi connectivity index (χ0) is 12.8. The van der Waals surface area contributed by atoms with Crippen molar-refractivity contribution in [3.05, 3.63) is 6.07 Å². The molecule has 17 heavy (non-hydrogen) atoms. The number of nitrogen functional groups attached to an aromatic ring is 1. The fourth-order valence-corrected chi connectivity index (χ4v) is 1.86. The summed E-state index contributed by atoms with van der Waals surface area (Å²) in [6, 6.07) is 1.67. The van der Waals surface area contributed by atoms with E-state index in [-0.39, 0.29) is 6.10 Å². The van der Waals surface area contributed by atoms with Crippen LogP contribution in [0.1, 0.15) is 20.3 Å². The first-order valence-corrected chi connectivity index (χ1v) is 6.84. The Morgan fingerprint density at radius 2 is 2.18 bits per heavy atom. The first-order chi connectivity index (χ1) is 8.01. The molecular weight excluding hydrogens is 236 g/mol. The Labute approximate surface area is 106 Å². The van der Waals surface area contributed by atoms with Gasteiger partial charge in [-0.3, -0.25) is 0 Å². The van der Waals surface area contributed by atoms with Crippen molar-refractivity contribution in [2.75, 3.05) is 23.9 Å². The number of nitrogens with zero attached hydrogens (tertiary/aromatic N) is 2. The van der Waals surface area contributed by atoms with E-state index in [0.717, 1.165) is 6.42 Å².